The number of rotatable bonds is 4. The largest absolute Gasteiger partial charge is 0.325 e. The van der Waals surface area contributed by atoms with Gasteiger partial charge in [0.15, 0.2) is 17.5 Å². The molecule has 1 saturated heterocycles. The zero-order valence-corrected chi connectivity index (χ0v) is 15.4. The molecule has 0 aromatic heterocycles. The first-order valence-electron chi connectivity index (χ1n) is 7.89. The Kier molecular flexibility index (Phi) is 7.37. The van der Waals surface area contributed by atoms with Crippen molar-refractivity contribution in [1.29, 1.82) is 0 Å². The molecule has 0 radical (unpaired) electrons. The molecular weight excluding hydrogens is 385 g/mol. The van der Waals surface area contributed by atoms with Crippen molar-refractivity contribution in [1.82, 2.24) is 5.32 Å². The average Bonchev–Trinajstić information content (AvgIpc) is 2.60. The van der Waals surface area contributed by atoms with Crippen molar-refractivity contribution in [3.63, 3.8) is 0 Å². The normalized spacial score (nSPS) is 16.7. The zero-order chi connectivity index (χ0) is 17.8. The lowest BCUT2D eigenvalue weighted by atomic mass is 10.0. The van der Waals surface area contributed by atoms with E-state index in [0.717, 1.165) is 30.2 Å². The van der Waals surface area contributed by atoms with Gasteiger partial charge in [-0.2, -0.15) is 11.8 Å². The lowest BCUT2D eigenvalue weighted by Gasteiger charge is -2.22. The lowest BCUT2D eigenvalue weighted by molar-refractivity contribution is -0.116. The first kappa shape index (κ1) is 20.6. The molecule has 8 heteroatoms. The van der Waals surface area contributed by atoms with E-state index >= 15 is 0 Å². The van der Waals surface area contributed by atoms with Crippen molar-refractivity contribution in [3.05, 3.63) is 53.8 Å². The van der Waals surface area contributed by atoms with Gasteiger partial charge in [-0.3, -0.25) is 4.79 Å². The first-order valence-corrected chi connectivity index (χ1v) is 9.05. The maximum absolute atomic E-state index is 13.5. The monoisotopic (exact) mass is 402 g/mol. The quantitative estimate of drug-likeness (QED) is 0.752. The summed E-state index contributed by atoms with van der Waals surface area (Å²) < 4.78 is 40.2. The molecule has 1 amide bonds. The van der Waals surface area contributed by atoms with Crippen LogP contribution in [0.5, 0.6) is 0 Å². The van der Waals surface area contributed by atoms with E-state index in [1.165, 1.54) is 0 Å². The molecule has 0 saturated carbocycles. The van der Waals surface area contributed by atoms with E-state index in [1.54, 1.807) is 36.0 Å². The fraction of sp³-hybridized carbons (Fsp3) is 0.278. The van der Waals surface area contributed by atoms with Crippen LogP contribution >= 0.6 is 24.2 Å². The summed E-state index contributed by atoms with van der Waals surface area (Å²) in [5.74, 6) is -2.33. The molecule has 26 heavy (non-hydrogen) atoms. The van der Waals surface area contributed by atoms with Crippen LogP contribution in [0, 0.1) is 17.5 Å². The molecule has 1 unspecified atom stereocenters. The molecule has 1 atom stereocenters. The van der Waals surface area contributed by atoms with Gasteiger partial charge in [0, 0.05) is 41.8 Å². The molecule has 0 spiro atoms. The molecule has 0 aliphatic carbocycles. The topological polar surface area (TPSA) is 41.1 Å². The molecule has 2 aromatic carbocycles. The van der Waals surface area contributed by atoms with Gasteiger partial charge in [-0.15, -0.1) is 12.4 Å². The first-order chi connectivity index (χ1) is 12.0. The fourth-order valence-corrected chi connectivity index (χ4v) is 3.68. The van der Waals surface area contributed by atoms with Crippen molar-refractivity contribution in [3.8, 4) is 11.1 Å². The van der Waals surface area contributed by atoms with E-state index in [2.05, 4.69) is 10.6 Å². The Hall–Kier alpha value is -1.70. The minimum Gasteiger partial charge on any atom is -0.325 e. The number of nitrogens with one attached hydrogen (secondary N) is 2. The van der Waals surface area contributed by atoms with E-state index in [0.29, 0.717) is 17.7 Å². The van der Waals surface area contributed by atoms with E-state index < -0.39 is 17.5 Å². The molecule has 2 aromatic rings. The Morgan fingerprint density at radius 2 is 1.88 bits per heavy atom. The molecule has 2 N–H and O–H groups in total. The van der Waals surface area contributed by atoms with E-state index in [4.69, 9.17) is 0 Å². The molecule has 140 valence electrons. The van der Waals surface area contributed by atoms with Crippen LogP contribution in [0.1, 0.15) is 6.42 Å². The maximum atomic E-state index is 13.5. The predicted octanol–water partition coefficient (Wildman–Crippen LogP) is 4.23. The number of hydrogen-bond donors (Lipinski definition) is 2. The molecule has 3 nitrogen and oxygen atoms in total. The number of amides is 1. The highest BCUT2D eigenvalue weighted by atomic mass is 35.5. The van der Waals surface area contributed by atoms with Crippen LogP contribution in [0.2, 0.25) is 0 Å². The Balaban J connectivity index is 0.00000243. The van der Waals surface area contributed by atoms with Crippen LogP contribution in [-0.4, -0.2) is 30.0 Å². The van der Waals surface area contributed by atoms with Gasteiger partial charge in [-0.1, -0.05) is 18.2 Å². The number of thioether (sulfide) groups is 1. The summed E-state index contributed by atoms with van der Waals surface area (Å²) in [6, 6.07) is 8.61. The number of carbonyl (C=O) groups is 1. The number of anilines is 1. The Labute approximate surface area is 160 Å². The van der Waals surface area contributed by atoms with Crippen molar-refractivity contribution in [2.24, 2.45) is 0 Å². The Bertz CT molecular complexity index is 762. The van der Waals surface area contributed by atoms with Gasteiger partial charge in [-0.25, -0.2) is 13.2 Å². The molecule has 1 heterocycles. The number of halogens is 4. The SMILES string of the molecule is Cl.O=C(CC1CSCCN1)Nc1ccccc1-c1cc(F)c(F)c(F)c1. The van der Waals surface area contributed by atoms with Crippen molar-refractivity contribution in [2.75, 3.05) is 23.4 Å². The minimum absolute atomic E-state index is 0. The van der Waals surface area contributed by atoms with Crippen LogP contribution in [0.4, 0.5) is 18.9 Å². The average molecular weight is 403 g/mol. The third kappa shape index (κ3) is 4.93. The van der Waals surface area contributed by atoms with Crippen LogP contribution in [0.25, 0.3) is 11.1 Å². The Morgan fingerprint density at radius 1 is 1.19 bits per heavy atom. The predicted molar refractivity (Wildman–Crippen MR) is 101 cm³/mol. The van der Waals surface area contributed by atoms with Gasteiger partial charge in [0.1, 0.15) is 0 Å². The van der Waals surface area contributed by atoms with Gasteiger partial charge < -0.3 is 10.6 Å². The highest BCUT2D eigenvalue weighted by Crippen LogP contribution is 2.30. The summed E-state index contributed by atoms with van der Waals surface area (Å²) >= 11 is 1.79. The number of benzene rings is 2. The van der Waals surface area contributed by atoms with Crippen molar-refractivity contribution >= 4 is 35.8 Å². The smallest absolute Gasteiger partial charge is 0.225 e. The zero-order valence-electron chi connectivity index (χ0n) is 13.7. The third-order valence-electron chi connectivity index (χ3n) is 3.93. The van der Waals surface area contributed by atoms with Crippen LogP contribution in [-0.2, 0) is 4.79 Å². The summed E-state index contributed by atoms with van der Waals surface area (Å²) in [4.78, 5) is 12.3. The van der Waals surface area contributed by atoms with Gasteiger partial charge in [0.05, 0.1) is 0 Å². The van der Waals surface area contributed by atoms with Gasteiger partial charge in [0.25, 0.3) is 0 Å². The van der Waals surface area contributed by atoms with E-state index in [-0.39, 0.29) is 29.9 Å². The maximum Gasteiger partial charge on any atom is 0.225 e. The summed E-state index contributed by atoms with van der Waals surface area (Å²) in [5, 5.41) is 6.06. The minimum atomic E-state index is -1.51. The van der Waals surface area contributed by atoms with Crippen molar-refractivity contribution in [2.45, 2.75) is 12.5 Å². The molecule has 1 aliphatic heterocycles. The highest BCUT2D eigenvalue weighted by molar-refractivity contribution is 7.99. The Morgan fingerprint density at radius 3 is 2.54 bits per heavy atom. The summed E-state index contributed by atoms with van der Waals surface area (Å²) in [6.07, 6.45) is 0.313. The number of hydrogen-bond acceptors (Lipinski definition) is 3. The van der Waals surface area contributed by atoms with E-state index in [9.17, 15) is 18.0 Å². The second-order valence-corrected chi connectivity index (χ2v) is 6.93. The highest BCUT2D eigenvalue weighted by Gasteiger charge is 2.18. The molecule has 0 bridgehead atoms. The molecule has 1 fully saturated rings. The van der Waals surface area contributed by atoms with Gasteiger partial charge in [-0.05, 0) is 23.8 Å². The summed E-state index contributed by atoms with van der Waals surface area (Å²) in [5.41, 5.74) is 1.03. The lowest BCUT2D eigenvalue weighted by Crippen LogP contribution is -2.39. The second-order valence-electron chi connectivity index (χ2n) is 5.78. The third-order valence-corrected chi connectivity index (χ3v) is 5.06. The summed E-state index contributed by atoms with van der Waals surface area (Å²) in [7, 11) is 0. The second kappa shape index (κ2) is 9.30. The number of carbonyl (C=O) groups excluding carboxylic acids is 1. The standard InChI is InChI=1S/C18H17F3N2OS.ClH/c19-14-7-11(8-15(20)18(14)21)13-3-1-2-4-16(13)23-17(24)9-12-10-25-6-5-22-12;/h1-4,7-8,12,22H,5-6,9-10H2,(H,23,24);1H. The van der Waals surface area contributed by atoms with Crippen LogP contribution < -0.4 is 10.6 Å². The molecule has 1 aliphatic rings. The molecular formula is C18H18ClF3N2OS. The van der Waals surface area contributed by atoms with Gasteiger partial charge >= 0.3 is 0 Å². The fourth-order valence-electron chi connectivity index (χ4n) is 2.73. The van der Waals surface area contributed by atoms with Crippen molar-refractivity contribution < 1.29 is 18.0 Å². The van der Waals surface area contributed by atoms with Gasteiger partial charge in [0.2, 0.25) is 5.91 Å². The summed E-state index contributed by atoms with van der Waals surface area (Å²) in [6.45, 7) is 0.868. The van der Waals surface area contributed by atoms with Crippen LogP contribution in [0.15, 0.2) is 36.4 Å². The van der Waals surface area contributed by atoms with Crippen LogP contribution in [0.3, 0.4) is 0 Å². The number of para-hydroxylation sites is 1. The molecule has 3 rings (SSSR count). The van der Waals surface area contributed by atoms with E-state index in [1.807, 2.05) is 0 Å².